The average molecular weight is 283 g/mol. The lowest BCUT2D eigenvalue weighted by Crippen LogP contribution is -2.36. The zero-order valence-corrected chi connectivity index (χ0v) is 11.6. The summed E-state index contributed by atoms with van der Waals surface area (Å²) in [5.74, 6) is 1.99. The molecule has 1 saturated heterocycles. The van der Waals surface area contributed by atoms with E-state index in [-0.39, 0.29) is 0 Å². The van der Waals surface area contributed by atoms with Gasteiger partial charge in [-0.1, -0.05) is 28.9 Å². The Bertz CT molecular complexity index is 344. The summed E-state index contributed by atoms with van der Waals surface area (Å²) in [6, 6.07) is 4.15. The van der Waals surface area contributed by atoms with E-state index in [0.29, 0.717) is 4.83 Å². The molecule has 16 heavy (non-hydrogen) atoms. The minimum Gasteiger partial charge on any atom is -0.356 e. The molecule has 1 aliphatic heterocycles. The summed E-state index contributed by atoms with van der Waals surface area (Å²) < 4.78 is 0. The summed E-state index contributed by atoms with van der Waals surface area (Å²) in [4.78, 5) is 7.54. The quantitative estimate of drug-likeness (QED) is 0.773. The van der Waals surface area contributed by atoms with E-state index in [2.05, 4.69) is 45.7 Å². The van der Waals surface area contributed by atoms with Crippen LogP contribution in [0.25, 0.3) is 0 Å². The Labute approximate surface area is 106 Å². The molecule has 2 rings (SSSR count). The Hall–Kier alpha value is -0.570. The number of alkyl halides is 1. The lowest BCUT2D eigenvalue weighted by molar-refractivity contribution is 0.405. The smallest absolute Gasteiger partial charge is 0.131 e. The molecule has 0 spiro atoms. The molecule has 1 atom stereocenters. The standard InChI is InChI=1S/C13H19BrN2/c1-10-4-3-7-15-13(10)16-8-5-12(6-9-16)11(2)14/h3-4,7,11-12H,5-6,8-9H2,1-2H3. The van der Waals surface area contributed by atoms with Crippen molar-refractivity contribution in [1.29, 1.82) is 0 Å². The molecule has 0 radical (unpaired) electrons. The van der Waals surface area contributed by atoms with E-state index in [0.717, 1.165) is 19.0 Å². The van der Waals surface area contributed by atoms with Crippen LogP contribution in [0.2, 0.25) is 0 Å². The minimum absolute atomic E-state index is 0.638. The highest BCUT2D eigenvalue weighted by molar-refractivity contribution is 9.09. The highest BCUT2D eigenvalue weighted by Crippen LogP contribution is 2.28. The molecular formula is C13H19BrN2. The van der Waals surface area contributed by atoms with Gasteiger partial charge in [-0.05, 0) is 37.3 Å². The van der Waals surface area contributed by atoms with Gasteiger partial charge in [-0.15, -0.1) is 0 Å². The minimum atomic E-state index is 0.638. The van der Waals surface area contributed by atoms with E-state index >= 15 is 0 Å². The number of rotatable bonds is 2. The fraction of sp³-hybridized carbons (Fsp3) is 0.615. The number of nitrogens with zero attached hydrogens (tertiary/aromatic N) is 2. The summed E-state index contributed by atoms with van der Waals surface area (Å²) >= 11 is 3.69. The summed E-state index contributed by atoms with van der Waals surface area (Å²) in [5, 5.41) is 0. The number of piperidine rings is 1. The number of anilines is 1. The number of pyridine rings is 1. The van der Waals surface area contributed by atoms with E-state index in [1.165, 1.54) is 24.2 Å². The first-order valence-electron chi connectivity index (χ1n) is 5.99. The summed E-state index contributed by atoms with van der Waals surface area (Å²) in [6.07, 6.45) is 4.42. The molecule has 0 N–H and O–H groups in total. The van der Waals surface area contributed by atoms with Crippen molar-refractivity contribution in [2.75, 3.05) is 18.0 Å². The lowest BCUT2D eigenvalue weighted by atomic mass is 9.94. The Kier molecular flexibility index (Phi) is 3.85. The number of aryl methyl sites for hydroxylation is 1. The molecule has 3 heteroatoms. The first-order valence-corrected chi connectivity index (χ1v) is 6.90. The van der Waals surface area contributed by atoms with Crippen molar-refractivity contribution in [3.05, 3.63) is 23.9 Å². The van der Waals surface area contributed by atoms with E-state index in [9.17, 15) is 0 Å². The van der Waals surface area contributed by atoms with Crippen molar-refractivity contribution < 1.29 is 0 Å². The van der Waals surface area contributed by atoms with Gasteiger partial charge >= 0.3 is 0 Å². The zero-order valence-electron chi connectivity index (χ0n) is 9.99. The molecule has 0 aliphatic carbocycles. The van der Waals surface area contributed by atoms with Crippen molar-refractivity contribution >= 4 is 21.7 Å². The molecule has 1 aromatic rings. The first-order chi connectivity index (χ1) is 7.68. The van der Waals surface area contributed by atoms with Crippen LogP contribution in [-0.4, -0.2) is 22.9 Å². The normalized spacial score (nSPS) is 19.8. The second-order valence-corrected chi connectivity index (χ2v) is 6.09. The number of hydrogen-bond donors (Lipinski definition) is 0. The van der Waals surface area contributed by atoms with E-state index < -0.39 is 0 Å². The molecule has 0 bridgehead atoms. The van der Waals surface area contributed by atoms with Crippen LogP contribution in [0.3, 0.4) is 0 Å². The fourth-order valence-corrected chi connectivity index (χ4v) is 2.91. The van der Waals surface area contributed by atoms with Gasteiger partial charge in [0.2, 0.25) is 0 Å². The third-order valence-corrected chi connectivity index (χ3v) is 4.22. The first kappa shape index (κ1) is 11.9. The Morgan fingerprint density at radius 1 is 1.44 bits per heavy atom. The highest BCUT2D eigenvalue weighted by atomic mass is 79.9. The number of hydrogen-bond acceptors (Lipinski definition) is 2. The SMILES string of the molecule is Cc1cccnc1N1CCC(C(C)Br)CC1. The lowest BCUT2D eigenvalue weighted by Gasteiger charge is -2.34. The molecular weight excluding hydrogens is 264 g/mol. The number of halogens is 1. The molecule has 0 amide bonds. The summed E-state index contributed by atoms with van der Waals surface area (Å²) in [6.45, 7) is 6.67. The van der Waals surface area contributed by atoms with Crippen LogP contribution in [0.5, 0.6) is 0 Å². The molecule has 0 saturated carbocycles. The van der Waals surface area contributed by atoms with Crippen molar-refractivity contribution in [1.82, 2.24) is 4.98 Å². The van der Waals surface area contributed by atoms with Crippen molar-refractivity contribution in [2.24, 2.45) is 5.92 Å². The third-order valence-electron chi connectivity index (χ3n) is 3.47. The highest BCUT2D eigenvalue weighted by Gasteiger charge is 2.23. The molecule has 1 aliphatic rings. The number of aromatic nitrogens is 1. The molecule has 88 valence electrons. The largest absolute Gasteiger partial charge is 0.356 e. The Balaban J connectivity index is 2.02. The van der Waals surface area contributed by atoms with Crippen LogP contribution in [0.1, 0.15) is 25.3 Å². The molecule has 2 heterocycles. The van der Waals surface area contributed by atoms with Gasteiger partial charge in [0.15, 0.2) is 0 Å². The second kappa shape index (κ2) is 5.17. The monoisotopic (exact) mass is 282 g/mol. The van der Waals surface area contributed by atoms with Crippen molar-refractivity contribution in [2.45, 2.75) is 31.5 Å². The van der Waals surface area contributed by atoms with Crippen molar-refractivity contribution in [3.63, 3.8) is 0 Å². The van der Waals surface area contributed by atoms with Crippen LogP contribution in [-0.2, 0) is 0 Å². The predicted octanol–water partition coefficient (Wildman–Crippen LogP) is 3.39. The van der Waals surface area contributed by atoms with Crippen molar-refractivity contribution in [3.8, 4) is 0 Å². The fourth-order valence-electron chi connectivity index (χ4n) is 2.38. The van der Waals surface area contributed by atoms with Crippen LogP contribution in [0.15, 0.2) is 18.3 Å². The van der Waals surface area contributed by atoms with Crippen LogP contribution in [0, 0.1) is 12.8 Å². The Morgan fingerprint density at radius 2 is 2.12 bits per heavy atom. The van der Waals surface area contributed by atoms with Gasteiger partial charge in [-0.2, -0.15) is 0 Å². The van der Waals surface area contributed by atoms with Crippen LogP contribution < -0.4 is 4.90 Å². The Morgan fingerprint density at radius 3 is 2.69 bits per heavy atom. The average Bonchev–Trinajstić information content (AvgIpc) is 2.30. The maximum absolute atomic E-state index is 4.49. The van der Waals surface area contributed by atoms with Crippen LogP contribution in [0.4, 0.5) is 5.82 Å². The summed E-state index contributed by atoms with van der Waals surface area (Å²) in [5.41, 5.74) is 1.29. The van der Waals surface area contributed by atoms with E-state index in [1.54, 1.807) is 0 Å². The van der Waals surface area contributed by atoms with Gasteiger partial charge in [-0.3, -0.25) is 0 Å². The van der Waals surface area contributed by atoms with Gasteiger partial charge in [-0.25, -0.2) is 4.98 Å². The molecule has 1 aromatic heterocycles. The molecule has 0 aromatic carbocycles. The molecule has 1 fully saturated rings. The topological polar surface area (TPSA) is 16.1 Å². The summed E-state index contributed by atoms with van der Waals surface area (Å²) in [7, 11) is 0. The van der Waals surface area contributed by atoms with E-state index in [4.69, 9.17) is 0 Å². The van der Waals surface area contributed by atoms with E-state index in [1.807, 2.05) is 12.3 Å². The van der Waals surface area contributed by atoms with Gasteiger partial charge in [0.1, 0.15) is 5.82 Å². The molecule has 1 unspecified atom stereocenters. The maximum Gasteiger partial charge on any atom is 0.131 e. The van der Waals surface area contributed by atoms with Gasteiger partial charge < -0.3 is 4.90 Å². The third kappa shape index (κ3) is 2.57. The molecule has 2 nitrogen and oxygen atoms in total. The zero-order chi connectivity index (χ0) is 11.5. The van der Waals surface area contributed by atoms with Gasteiger partial charge in [0.05, 0.1) is 0 Å². The van der Waals surface area contributed by atoms with Gasteiger partial charge in [0.25, 0.3) is 0 Å². The van der Waals surface area contributed by atoms with Gasteiger partial charge in [0, 0.05) is 24.1 Å². The second-order valence-electron chi connectivity index (χ2n) is 4.65. The maximum atomic E-state index is 4.49. The predicted molar refractivity (Wildman–Crippen MR) is 72.3 cm³/mol. The van der Waals surface area contributed by atoms with Crippen LogP contribution >= 0.6 is 15.9 Å².